The van der Waals surface area contributed by atoms with Crippen LogP contribution in [0.1, 0.15) is 34.3 Å². The molecule has 0 spiro atoms. The number of carbonyl (C=O) groups excluding carboxylic acids is 2. The van der Waals surface area contributed by atoms with Gasteiger partial charge < -0.3 is 10.1 Å². The second-order valence-electron chi connectivity index (χ2n) is 5.74. The molecule has 0 aliphatic rings. The maximum Gasteiger partial charge on any atom is 0.224 e. The van der Waals surface area contributed by atoms with Gasteiger partial charge in [0.25, 0.3) is 0 Å². The molecule has 5 heteroatoms. The second-order valence-corrected chi connectivity index (χ2v) is 5.74. The van der Waals surface area contributed by atoms with Gasteiger partial charge in [-0.05, 0) is 55.3 Å². The third-order valence-electron chi connectivity index (χ3n) is 3.85. The summed E-state index contributed by atoms with van der Waals surface area (Å²) in [6.45, 7) is 3.93. The molecule has 0 aliphatic carbocycles. The largest absolute Gasteiger partial charge is 0.479 e. The third kappa shape index (κ3) is 5.47. The fourth-order valence-corrected chi connectivity index (χ4v) is 2.26. The molecule has 1 N–H and O–H groups in total. The van der Waals surface area contributed by atoms with Gasteiger partial charge in [0, 0.05) is 24.1 Å². The topological polar surface area (TPSA) is 79.2 Å². The van der Waals surface area contributed by atoms with Crippen LogP contribution in [-0.4, -0.2) is 18.3 Å². The second kappa shape index (κ2) is 8.65. The molecule has 0 unspecified atom stereocenters. The number of anilines is 1. The minimum atomic E-state index is -0.220. The van der Waals surface area contributed by atoms with E-state index in [-0.39, 0.29) is 31.1 Å². The maximum absolute atomic E-state index is 12.2. The highest BCUT2D eigenvalue weighted by Crippen LogP contribution is 2.16. The smallest absolute Gasteiger partial charge is 0.224 e. The van der Waals surface area contributed by atoms with Crippen LogP contribution >= 0.6 is 0 Å². The van der Waals surface area contributed by atoms with Crippen molar-refractivity contribution in [3.8, 4) is 11.8 Å². The average Bonchev–Trinajstić information content (AvgIpc) is 2.61. The van der Waals surface area contributed by atoms with Crippen molar-refractivity contribution in [2.75, 3.05) is 11.9 Å². The Hall–Kier alpha value is -3.13. The van der Waals surface area contributed by atoms with E-state index in [9.17, 15) is 9.59 Å². The number of nitrogens with zero attached hydrogens (tertiary/aromatic N) is 1. The molecule has 0 fully saturated rings. The summed E-state index contributed by atoms with van der Waals surface area (Å²) in [6.07, 6.45) is 0.288. The molecule has 5 nitrogen and oxygen atoms in total. The lowest BCUT2D eigenvalue weighted by molar-refractivity contribution is -0.116. The highest BCUT2D eigenvalue weighted by Gasteiger charge is 2.10. The molecule has 2 aromatic carbocycles. The number of Topliss-reactive ketones (excluding diaryl/α,β-unsaturated/α-hetero) is 1. The van der Waals surface area contributed by atoms with E-state index in [0.29, 0.717) is 17.0 Å². The van der Waals surface area contributed by atoms with E-state index >= 15 is 0 Å². The Labute approximate surface area is 147 Å². The Morgan fingerprint density at radius 1 is 1.04 bits per heavy atom. The predicted molar refractivity (Wildman–Crippen MR) is 95.7 cm³/mol. The standard InChI is InChI=1S/C20H20N2O3/c1-14-3-4-16(13-15(14)2)19(23)9-10-20(24)22-17-5-7-18(8-6-17)25-12-11-21/h3-8,13H,9-10,12H2,1-2H3,(H,22,24). The molecule has 0 saturated carbocycles. The monoisotopic (exact) mass is 336 g/mol. The molecule has 0 aliphatic heterocycles. The number of nitrogens with one attached hydrogen (secondary N) is 1. The van der Waals surface area contributed by atoms with Crippen LogP contribution in [0.5, 0.6) is 5.75 Å². The Kier molecular flexibility index (Phi) is 6.30. The van der Waals surface area contributed by atoms with Crippen LogP contribution < -0.4 is 10.1 Å². The Morgan fingerprint density at radius 3 is 2.40 bits per heavy atom. The lowest BCUT2D eigenvalue weighted by Gasteiger charge is -2.07. The third-order valence-corrected chi connectivity index (χ3v) is 3.85. The quantitative estimate of drug-likeness (QED) is 0.780. The van der Waals surface area contributed by atoms with Crippen molar-refractivity contribution in [1.82, 2.24) is 0 Å². The van der Waals surface area contributed by atoms with Gasteiger partial charge in [0.2, 0.25) is 5.91 Å². The van der Waals surface area contributed by atoms with Gasteiger partial charge in [-0.15, -0.1) is 0 Å². The molecule has 2 rings (SSSR count). The lowest BCUT2D eigenvalue weighted by Crippen LogP contribution is -2.13. The molecule has 1 amide bonds. The first-order valence-electron chi connectivity index (χ1n) is 7.99. The average molecular weight is 336 g/mol. The van der Waals surface area contributed by atoms with Crippen LogP contribution in [0.4, 0.5) is 5.69 Å². The summed E-state index contributed by atoms with van der Waals surface area (Å²) in [4.78, 5) is 24.2. The number of nitriles is 1. The summed E-state index contributed by atoms with van der Waals surface area (Å²) in [5, 5.41) is 11.2. The zero-order valence-corrected chi connectivity index (χ0v) is 14.3. The molecule has 0 radical (unpaired) electrons. The van der Waals surface area contributed by atoms with Crippen molar-refractivity contribution in [3.05, 3.63) is 59.2 Å². The summed E-state index contributed by atoms with van der Waals surface area (Å²) in [5.74, 6) is 0.297. The van der Waals surface area contributed by atoms with Crippen molar-refractivity contribution in [2.24, 2.45) is 0 Å². The van der Waals surface area contributed by atoms with E-state index in [2.05, 4.69) is 5.32 Å². The van der Waals surface area contributed by atoms with Crippen molar-refractivity contribution < 1.29 is 14.3 Å². The first-order valence-corrected chi connectivity index (χ1v) is 7.99. The van der Waals surface area contributed by atoms with Gasteiger partial charge in [0.05, 0.1) is 0 Å². The van der Waals surface area contributed by atoms with E-state index in [1.165, 1.54) is 0 Å². The normalized spacial score (nSPS) is 9.96. The number of carbonyl (C=O) groups is 2. The summed E-state index contributed by atoms with van der Waals surface area (Å²) in [7, 11) is 0. The van der Waals surface area contributed by atoms with Crippen LogP contribution in [0.15, 0.2) is 42.5 Å². The van der Waals surface area contributed by atoms with E-state index in [4.69, 9.17) is 10.00 Å². The highest BCUT2D eigenvalue weighted by atomic mass is 16.5. The molecule has 0 aromatic heterocycles. The number of benzene rings is 2. The van der Waals surface area contributed by atoms with Gasteiger partial charge in [-0.3, -0.25) is 9.59 Å². The van der Waals surface area contributed by atoms with Crippen molar-refractivity contribution >= 4 is 17.4 Å². The number of ether oxygens (including phenoxy) is 1. The summed E-state index contributed by atoms with van der Waals surface area (Å²) >= 11 is 0. The van der Waals surface area contributed by atoms with Gasteiger partial charge in [-0.1, -0.05) is 12.1 Å². The number of ketones is 1. The summed E-state index contributed by atoms with van der Waals surface area (Å²) in [6, 6.07) is 14.2. The lowest BCUT2D eigenvalue weighted by atomic mass is 10.0. The van der Waals surface area contributed by atoms with Crippen LogP contribution in [0.3, 0.4) is 0 Å². The van der Waals surface area contributed by atoms with Gasteiger partial charge >= 0.3 is 0 Å². The number of hydrogen-bond donors (Lipinski definition) is 1. The maximum atomic E-state index is 12.2. The Bertz CT molecular complexity index is 805. The van der Waals surface area contributed by atoms with Gasteiger partial charge in [-0.2, -0.15) is 5.26 Å². The fourth-order valence-electron chi connectivity index (χ4n) is 2.26. The summed E-state index contributed by atoms with van der Waals surface area (Å²) in [5.41, 5.74) is 3.45. The molecular formula is C20H20N2O3. The van der Waals surface area contributed by atoms with Gasteiger partial charge in [0.15, 0.2) is 12.4 Å². The SMILES string of the molecule is Cc1ccc(C(=O)CCC(=O)Nc2ccc(OCC#N)cc2)cc1C. The minimum Gasteiger partial charge on any atom is -0.479 e. The van der Waals surface area contributed by atoms with Crippen molar-refractivity contribution in [2.45, 2.75) is 26.7 Å². The number of hydrogen-bond acceptors (Lipinski definition) is 4. The molecule has 0 saturated heterocycles. The zero-order chi connectivity index (χ0) is 18.2. The van der Waals surface area contributed by atoms with E-state index < -0.39 is 0 Å². The van der Waals surface area contributed by atoms with Crippen LogP contribution in [-0.2, 0) is 4.79 Å². The first-order chi connectivity index (χ1) is 12.0. The van der Waals surface area contributed by atoms with E-state index in [1.807, 2.05) is 32.0 Å². The first kappa shape index (κ1) is 18.2. The number of rotatable bonds is 7. The fraction of sp³-hybridized carbons (Fsp3) is 0.250. The minimum absolute atomic E-state index is 0.0215. The Balaban J connectivity index is 1.84. The van der Waals surface area contributed by atoms with Crippen LogP contribution in [0, 0.1) is 25.2 Å². The van der Waals surface area contributed by atoms with Gasteiger partial charge in [0.1, 0.15) is 11.8 Å². The van der Waals surface area contributed by atoms with Crippen LogP contribution in [0.25, 0.3) is 0 Å². The molecular weight excluding hydrogens is 316 g/mol. The molecule has 2 aromatic rings. The number of aryl methyl sites for hydroxylation is 2. The molecule has 0 atom stereocenters. The van der Waals surface area contributed by atoms with Crippen molar-refractivity contribution in [1.29, 1.82) is 5.26 Å². The molecule has 128 valence electrons. The van der Waals surface area contributed by atoms with E-state index in [0.717, 1.165) is 11.1 Å². The van der Waals surface area contributed by atoms with Gasteiger partial charge in [-0.25, -0.2) is 0 Å². The predicted octanol–water partition coefficient (Wildman–Crippen LogP) is 3.81. The molecule has 0 bridgehead atoms. The van der Waals surface area contributed by atoms with Crippen molar-refractivity contribution in [3.63, 3.8) is 0 Å². The Morgan fingerprint density at radius 2 is 1.76 bits per heavy atom. The highest BCUT2D eigenvalue weighted by molar-refractivity contribution is 6.00. The van der Waals surface area contributed by atoms with Crippen LogP contribution in [0.2, 0.25) is 0 Å². The van der Waals surface area contributed by atoms with E-state index in [1.54, 1.807) is 30.3 Å². The molecule has 25 heavy (non-hydrogen) atoms. The zero-order valence-electron chi connectivity index (χ0n) is 14.3. The number of amides is 1. The summed E-state index contributed by atoms with van der Waals surface area (Å²) < 4.78 is 5.14. The molecule has 0 heterocycles.